The van der Waals surface area contributed by atoms with Gasteiger partial charge in [0.15, 0.2) is 34.6 Å². The van der Waals surface area contributed by atoms with Crippen LogP contribution in [0, 0.1) is 45.3 Å². The van der Waals surface area contributed by atoms with Crippen molar-refractivity contribution in [3.8, 4) is 87.1 Å². The number of aromatic nitrogens is 4. The van der Waals surface area contributed by atoms with Crippen molar-refractivity contribution in [1.29, 1.82) is 21.0 Å². The van der Waals surface area contributed by atoms with E-state index in [4.69, 9.17) is 24.4 Å². The maximum absolute atomic E-state index is 10.2. The summed E-state index contributed by atoms with van der Waals surface area (Å²) in [7, 11) is 0. The molecular weight excluding hydrogens is 747 g/mol. The third kappa shape index (κ3) is 5.15. The fraction of sp³-hybridized carbons (Fsp3) is 0. The Kier molecular flexibility index (Phi) is 7.45. The van der Waals surface area contributed by atoms with Gasteiger partial charge in [-0.15, -0.1) is 0 Å². The molecule has 9 aromatic rings. The molecule has 2 aromatic heterocycles. The minimum Gasteiger partial charge on any atom is -0.451 e. The predicted molar refractivity (Wildman–Crippen MR) is 224 cm³/mol. The van der Waals surface area contributed by atoms with Gasteiger partial charge in [-0.25, -0.2) is 4.98 Å². The molecule has 11 nitrogen and oxygen atoms in total. The molecular formula is C49H23N9O2. The van der Waals surface area contributed by atoms with E-state index < -0.39 is 0 Å². The largest absolute Gasteiger partial charge is 0.451 e. The number of para-hydroxylation sites is 1. The number of hydrogen-bond donors (Lipinski definition) is 0. The summed E-state index contributed by atoms with van der Waals surface area (Å²) in [5, 5.41) is 42.1. The number of fused-ring (bicyclic) bond motifs is 7. The first-order valence-corrected chi connectivity index (χ1v) is 18.7. The lowest BCUT2D eigenvalue weighted by atomic mass is 9.97. The molecule has 0 fully saturated rings. The fourth-order valence-corrected chi connectivity index (χ4v) is 8.05. The van der Waals surface area contributed by atoms with Crippen LogP contribution in [0.3, 0.4) is 0 Å². The van der Waals surface area contributed by atoms with Gasteiger partial charge in [0.25, 0.3) is 0 Å². The highest BCUT2D eigenvalue weighted by Gasteiger charge is 2.38. The molecule has 0 amide bonds. The molecule has 0 saturated carbocycles. The van der Waals surface area contributed by atoms with Crippen molar-refractivity contribution in [2.24, 2.45) is 0 Å². The van der Waals surface area contributed by atoms with E-state index in [-0.39, 0.29) is 33.8 Å². The summed E-state index contributed by atoms with van der Waals surface area (Å²) < 4.78 is 15.1. The van der Waals surface area contributed by atoms with Crippen molar-refractivity contribution in [2.45, 2.75) is 0 Å². The number of anilines is 3. The van der Waals surface area contributed by atoms with E-state index in [2.05, 4.69) is 41.0 Å². The van der Waals surface area contributed by atoms with Crippen molar-refractivity contribution in [3.63, 3.8) is 0 Å². The van der Waals surface area contributed by atoms with Gasteiger partial charge in [0.2, 0.25) is 5.95 Å². The van der Waals surface area contributed by atoms with E-state index in [0.717, 1.165) is 44.1 Å². The number of hydrogen-bond acceptors (Lipinski definition) is 10. The normalized spacial score (nSPS) is 11.8. The molecule has 0 atom stereocenters. The van der Waals surface area contributed by atoms with Gasteiger partial charge in [0.05, 0.1) is 56.8 Å². The highest BCUT2D eigenvalue weighted by Crippen LogP contribution is 2.62. The summed E-state index contributed by atoms with van der Waals surface area (Å²) in [6.45, 7) is 0. The maximum atomic E-state index is 10.2. The van der Waals surface area contributed by atoms with Gasteiger partial charge >= 0.3 is 0 Å². The highest BCUT2D eigenvalue weighted by molar-refractivity contribution is 6.10. The zero-order valence-corrected chi connectivity index (χ0v) is 31.1. The molecule has 60 heavy (non-hydrogen) atoms. The van der Waals surface area contributed by atoms with Crippen LogP contribution in [-0.2, 0) is 0 Å². The monoisotopic (exact) mass is 769 g/mol. The zero-order chi connectivity index (χ0) is 40.5. The quantitative estimate of drug-likeness (QED) is 0.168. The maximum Gasteiger partial charge on any atom is 0.238 e. The Morgan fingerprint density at radius 2 is 0.983 bits per heavy atom. The first-order valence-electron chi connectivity index (χ1n) is 18.7. The third-order valence-electron chi connectivity index (χ3n) is 10.7. The topological polar surface area (TPSA) is 160 Å². The van der Waals surface area contributed by atoms with Crippen LogP contribution in [0.15, 0.2) is 140 Å². The van der Waals surface area contributed by atoms with Crippen LogP contribution in [0.2, 0.25) is 0 Å². The van der Waals surface area contributed by atoms with Gasteiger partial charge in [0, 0.05) is 21.9 Å². The van der Waals surface area contributed by atoms with Crippen LogP contribution < -0.4 is 14.4 Å². The van der Waals surface area contributed by atoms with Crippen LogP contribution in [0.5, 0.6) is 23.0 Å². The van der Waals surface area contributed by atoms with Crippen LogP contribution >= 0.6 is 0 Å². The molecule has 0 saturated heterocycles. The standard InChI is InChI=1S/C49H23N9O2/c50-24-28-17-34(26-52)45-40(19-28)57-41-20-29(25-51)18-35(27-53)46(41)60-43-23-33(22-42(59-45)44(43)57)32-15-16-39-37(21-32)36-13-7-8-14-38(36)58(39)49-55-47(30-9-3-1-4-10-30)54-48(56-49)31-11-5-2-6-12-31/h1-23H. The second kappa shape index (κ2) is 13.1. The molecule has 276 valence electrons. The van der Waals surface area contributed by atoms with Gasteiger partial charge in [-0.2, -0.15) is 31.0 Å². The second-order valence-electron chi connectivity index (χ2n) is 14.2. The van der Waals surface area contributed by atoms with Crippen LogP contribution in [0.25, 0.3) is 61.7 Å². The lowest BCUT2D eigenvalue weighted by Crippen LogP contribution is -2.21. The third-order valence-corrected chi connectivity index (χ3v) is 10.7. The van der Waals surface area contributed by atoms with E-state index in [1.165, 1.54) is 12.1 Å². The van der Waals surface area contributed by atoms with E-state index in [1.807, 2.05) is 103 Å². The van der Waals surface area contributed by atoms with E-state index in [9.17, 15) is 21.0 Å². The van der Waals surface area contributed by atoms with Crippen molar-refractivity contribution in [1.82, 2.24) is 19.5 Å². The van der Waals surface area contributed by atoms with Gasteiger partial charge in [0.1, 0.15) is 17.8 Å². The van der Waals surface area contributed by atoms with E-state index >= 15 is 0 Å². The van der Waals surface area contributed by atoms with E-state index in [1.54, 1.807) is 17.0 Å². The number of benzene rings is 7. The van der Waals surface area contributed by atoms with E-state index in [0.29, 0.717) is 46.2 Å². The lowest BCUT2D eigenvalue weighted by molar-refractivity contribution is 0.444. The molecule has 4 heterocycles. The van der Waals surface area contributed by atoms with Gasteiger partial charge in [-0.05, 0) is 65.7 Å². The molecule has 2 aliphatic heterocycles. The molecule has 11 rings (SSSR count). The number of rotatable bonds is 4. The highest BCUT2D eigenvalue weighted by atomic mass is 16.5. The molecule has 0 N–H and O–H groups in total. The molecule has 0 unspecified atom stereocenters. The van der Waals surface area contributed by atoms with Gasteiger partial charge in [-0.3, -0.25) is 9.47 Å². The Morgan fingerprint density at radius 3 is 1.53 bits per heavy atom. The second-order valence-corrected chi connectivity index (χ2v) is 14.2. The summed E-state index contributed by atoms with van der Waals surface area (Å²) in [6.07, 6.45) is 0. The summed E-state index contributed by atoms with van der Waals surface area (Å²) in [5.74, 6) is 2.82. The zero-order valence-electron chi connectivity index (χ0n) is 31.1. The average Bonchev–Trinajstić information content (AvgIpc) is 3.64. The fourth-order valence-electron chi connectivity index (χ4n) is 8.05. The number of nitrogens with zero attached hydrogens (tertiary/aromatic N) is 9. The minimum absolute atomic E-state index is 0.157. The number of nitriles is 4. The Balaban J connectivity index is 1.11. The molecule has 0 radical (unpaired) electrons. The first kappa shape index (κ1) is 34.0. The Labute approximate surface area is 341 Å². The number of ether oxygens (including phenoxy) is 2. The van der Waals surface area contributed by atoms with Crippen LogP contribution in [0.4, 0.5) is 17.1 Å². The Hall–Kier alpha value is -9.29. The molecule has 2 aliphatic rings. The van der Waals surface area contributed by atoms with Crippen molar-refractivity contribution >= 4 is 38.9 Å². The lowest BCUT2D eigenvalue weighted by Gasteiger charge is -2.38. The SMILES string of the molecule is N#Cc1cc(C#N)c2c(c1)N1c3cc(C#N)cc(C#N)c3Oc3cc(-c4ccc5c(c4)c4ccccc4n5-c4nc(-c5ccccc5)nc(-c5ccccc5)n4)cc(c31)O2. The minimum atomic E-state index is 0.157. The summed E-state index contributed by atoms with van der Waals surface area (Å²) >= 11 is 0. The Morgan fingerprint density at radius 1 is 0.450 bits per heavy atom. The van der Waals surface area contributed by atoms with Crippen molar-refractivity contribution in [2.75, 3.05) is 4.90 Å². The predicted octanol–water partition coefficient (Wildman–Crippen LogP) is 11.1. The van der Waals surface area contributed by atoms with Crippen LogP contribution in [-0.4, -0.2) is 19.5 Å². The molecule has 7 aromatic carbocycles. The first-order chi connectivity index (χ1) is 29.5. The van der Waals surface area contributed by atoms with Crippen molar-refractivity contribution in [3.05, 3.63) is 162 Å². The summed E-state index contributed by atoms with van der Waals surface area (Å²) in [5.41, 5.74) is 7.24. The van der Waals surface area contributed by atoms with Crippen LogP contribution in [0.1, 0.15) is 22.3 Å². The molecule has 0 bridgehead atoms. The van der Waals surface area contributed by atoms with Crippen molar-refractivity contribution < 1.29 is 9.47 Å². The molecule has 0 spiro atoms. The average molecular weight is 770 g/mol. The van der Waals surface area contributed by atoms with Gasteiger partial charge < -0.3 is 9.47 Å². The Bertz CT molecular complexity index is 3330. The summed E-state index contributed by atoms with van der Waals surface area (Å²) in [4.78, 5) is 16.8. The van der Waals surface area contributed by atoms with Gasteiger partial charge in [-0.1, -0.05) is 84.9 Å². The smallest absolute Gasteiger partial charge is 0.238 e. The molecule has 11 heteroatoms. The molecule has 0 aliphatic carbocycles. The summed E-state index contributed by atoms with van der Waals surface area (Å²) in [6, 6.07) is 52.5.